The number of nitrogens with zero attached hydrogens (tertiary/aromatic N) is 4. The van der Waals surface area contributed by atoms with E-state index in [1.165, 1.54) is 0 Å². The molecule has 0 aliphatic carbocycles. The molecule has 4 aromatic carbocycles. The molecule has 5 aromatic rings. The van der Waals surface area contributed by atoms with Crippen LogP contribution in [0.3, 0.4) is 0 Å². The maximum absolute atomic E-state index is 13.1. The number of carbonyl (C=O) groups is 2. The van der Waals surface area contributed by atoms with Crippen molar-refractivity contribution < 1.29 is 9.59 Å². The summed E-state index contributed by atoms with van der Waals surface area (Å²) in [5.41, 5.74) is 9.25. The highest BCUT2D eigenvalue weighted by Gasteiger charge is 2.29. The molecule has 6 rings (SSSR count). The first kappa shape index (κ1) is 23.4. The van der Waals surface area contributed by atoms with Gasteiger partial charge in [0.15, 0.2) is 0 Å². The fourth-order valence-corrected chi connectivity index (χ4v) is 4.96. The zero-order valence-electron chi connectivity index (χ0n) is 21.1. The minimum atomic E-state index is -0.312. The first-order valence-electron chi connectivity index (χ1n) is 12.4. The SMILES string of the molecule is Cc1nn(-c2ccccc2)c(C)c1C=NNC(=O)c1ccc(CN2C(=O)c3cccc4cccc2c34)cc1. The van der Waals surface area contributed by atoms with Gasteiger partial charge in [0, 0.05) is 22.1 Å². The van der Waals surface area contributed by atoms with Gasteiger partial charge in [-0.25, -0.2) is 10.1 Å². The van der Waals surface area contributed by atoms with Gasteiger partial charge >= 0.3 is 0 Å². The van der Waals surface area contributed by atoms with Crippen LogP contribution in [-0.2, 0) is 6.54 Å². The van der Waals surface area contributed by atoms with Crippen molar-refractivity contribution in [1.29, 1.82) is 0 Å². The maximum Gasteiger partial charge on any atom is 0.271 e. The molecule has 0 saturated carbocycles. The average molecular weight is 500 g/mol. The van der Waals surface area contributed by atoms with Crippen LogP contribution in [0.15, 0.2) is 96.1 Å². The number of aryl methyl sites for hydroxylation is 1. The maximum atomic E-state index is 13.1. The molecule has 2 amide bonds. The molecule has 0 atom stereocenters. The van der Waals surface area contributed by atoms with Crippen LogP contribution in [-0.4, -0.2) is 27.8 Å². The monoisotopic (exact) mass is 499 g/mol. The minimum absolute atomic E-state index is 0.00543. The molecule has 1 aliphatic rings. The Morgan fingerprint density at radius 2 is 1.66 bits per heavy atom. The Morgan fingerprint density at radius 3 is 2.42 bits per heavy atom. The second-order valence-corrected chi connectivity index (χ2v) is 9.30. The van der Waals surface area contributed by atoms with Crippen molar-refractivity contribution in [3.05, 3.63) is 125 Å². The van der Waals surface area contributed by atoms with E-state index in [1.807, 2.05) is 97.4 Å². The van der Waals surface area contributed by atoms with Gasteiger partial charge in [-0.05, 0) is 61.2 Å². The van der Waals surface area contributed by atoms with Gasteiger partial charge in [-0.15, -0.1) is 0 Å². The summed E-state index contributed by atoms with van der Waals surface area (Å²) < 4.78 is 1.86. The quantitative estimate of drug-likeness (QED) is 0.245. The van der Waals surface area contributed by atoms with E-state index in [0.717, 1.165) is 50.2 Å². The fraction of sp³-hybridized carbons (Fsp3) is 0.0968. The summed E-state index contributed by atoms with van der Waals surface area (Å²) in [4.78, 5) is 27.6. The van der Waals surface area contributed by atoms with E-state index in [1.54, 1.807) is 23.2 Å². The highest BCUT2D eigenvalue weighted by Crippen LogP contribution is 2.38. The molecule has 1 aliphatic heterocycles. The number of rotatable bonds is 6. The number of para-hydroxylation sites is 1. The van der Waals surface area contributed by atoms with E-state index in [9.17, 15) is 9.59 Å². The third kappa shape index (κ3) is 4.04. The van der Waals surface area contributed by atoms with Gasteiger partial charge in [0.05, 0.1) is 35.5 Å². The molecule has 7 heteroatoms. The van der Waals surface area contributed by atoms with Crippen molar-refractivity contribution >= 4 is 34.5 Å². The van der Waals surface area contributed by atoms with Crippen LogP contribution in [0.2, 0.25) is 0 Å². The predicted octanol–water partition coefficient (Wildman–Crippen LogP) is 5.57. The van der Waals surface area contributed by atoms with Crippen LogP contribution in [0.5, 0.6) is 0 Å². The summed E-state index contributed by atoms with van der Waals surface area (Å²) in [5.74, 6) is -0.317. The van der Waals surface area contributed by atoms with E-state index >= 15 is 0 Å². The molecular formula is C31H25N5O2. The van der Waals surface area contributed by atoms with Crippen LogP contribution in [0.25, 0.3) is 16.5 Å². The molecule has 2 heterocycles. The fourth-order valence-electron chi connectivity index (χ4n) is 4.96. The largest absolute Gasteiger partial charge is 0.303 e. The first-order valence-corrected chi connectivity index (χ1v) is 12.4. The van der Waals surface area contributed by atoms with E-state index in [4.69, 9.17) is 0 Å². The molecular weight excluding hydrogens is 474 g/mol. The van der Waals surface area contributed by atoms with Gasteiger partial charge in [-0.3, -0.25) is 9.59 Å². The summed E-state index contributed by atoms with van der Waals surface area (Å²) in [5, 5.41) is 10.8. The lowest BCUT2D eigenvalue weighted by atomic mass is 10.1. The number of hydrazone groups is 1. The number of nitrogens with one attached hydrogen (secondary N) is 1. The van der Waals surface area contributed by atoms with Gasteiger partial charge < -0.3 is 4.90 Å². The normalized spacial score (nSPS) is 12.6. The number of carbonyl (C=O) groups excluding carboxylic acids is 2. The van der Waals surface area contributed by atoms with Gasteiger partial charge in [0.1, 0.15) is 0 Å². The Bertz CT molecular complexity index is 1710. The second kappa shape index (κ2) is 9.44. The third-order valence-electron chi connectivity index (χ3n) is 6.91. The molecule has 0 radical (unpaired) electrons. The highest BCUT2D eigenvalue weighted by molar-refractivity contribution is 6.24. The number of anilines is 1. The van der Waals surface area contributed by atoms with Crippen molar-refractivity contribution in [3.8, 4) is 5.69 Å². The number of aromatic nitrogens is 2. The van der Waals surface area contributed by atoms with Crippen molar-refractivity contribution in [3.63, 3.8) is 0 Å². The Hall–Kier alpha value is -5.04. The van der Waals surface area contributed by atoms with E-state index in [2.05, 4.69) is 15.6 Å². The molecule has 1 N–H and O–H groups in total. The molecule has 7 nitrogen and oxygen atoms in total. The van der Waals surface area contributed by atoms with Crippen molar-refractivity contribution in [2.24, 2.45) is 5.10 Å². The Balaban J connectivity index is 1.13. The van der Waals surface area contributed by atoms with Gasteiger partial charge in [0.2, 0.25) is 0 Å². The Morgan fingerprint density at radius 1 is 0.921 bits per heavy atom. The topological polar surface area (TPSA) is 79.6 Å². The lowest BCUT2D eigenvalue weighted by molar-refractivity contribution is 0.0953. The number of hydrogen-bond donors (Lipinski definition) is 1. The zero-order chi connectivity index (χ0) is 26.2. The zero-order valence-corrected chi connectivity index (χ0v) is 21.1. The number of hydrogen-bond acceptors (Lipinski definition) is 4. The average Bonchev–Trinajstić information content (AvgIpc) is 3.39. The molecule has 1 aromatic heterocycles. The standard InChI is InChI=1S/C31H25N5O2/c1-20-27(21(2)36(34-20)25-10-4-3-5-11-25)18-32-33-30(37)24-16-14-22(15-17-24)19-35-28-13-7-9-23-8-6-12-26(29(23)28)31(35)38/h3-18H,19H2,1-2H3,(H,33,37). The van der Waals surface area contributed by atoms with Crippen molar-refractivity contribution in [2.45, 2.75) is 20.4 Å². The van der Waals surface area contributed by atoms with Crippen LogP contribution in [0.1, 0.15) is 43.2 Å². The first-order chi connectivity index (χ1) is 18.5. The summed E-state index contributed by atoms with van der Waals surface area (Å²) in [6.07, 6.45) is 1.63. The lowest BCUT2D eigenvalue weighted by Crippen LogP contribution is -2.26. The van der Waals surface area contributed by atoms with Crippen LogP contribution in [0, 0.1) is 13.8 Å². The third-order valence-corrected chi connectivity index (χ3v) is 6.91. The molecule has 186 valence electrons. The molecule has 0 fully saturated rings. The van der Waals surface area contributed by atoms with Gasteiger partial charge in [-0.1, -0.05) is 54.6 Å². The molecule has 38 heavy (non-hydrogen) atoms. The smallest absolute Gasteiger partial charge is 0.271 e. The number of benzene rings is 4. The van der Waals surface area contributed by atoms with Gasteiger partial charge in [0.25, 0.3) is 11.8 Å². The Kier molecular flexibility index (Phi) is 5.81. The van der Waals surface area contributed by atoms with Crippen LogP contribution in [0.4, 0.5) is 5.69 Å². The molecule has 0 saturated heterocycles. The van der Waals surface area contributed by atoms with Crippen molar-refractivity contribution in [2.75, 3.05) is 4.90 Å². The van der Waals surface area contributed by atoms with Crippen LogP contribution >= 0.6 is 0 Å². The molecule has 0 bridgehead atoms. The summed E-state index contributed by atoms with van der Waals surface area (Å²) in [6.45, 7) is 4.31. The molecule has 0 spiro atoms. The summed E-state index contributed by atoms with van der Waals surface area (Å²) in [7, 11) is 0. The molecule has 0 unspecified atom stereocenters. The summed E-state index contributed by atoms with van der Waals surface area (Å²) >= 11 is 0. The highest BCUT2D eigenvalue weighted by atomic mass is 16.2. The minimum Gasteiger partial charge on any atom is -0.303 e. The van der Waals surface area contributed by atoms with E-state index in [0.29, 0.717) is 12.1 Å². The van der Waals surface area contributed by atoms with Crippen molar-refractivity contribution in [1.82, 2.24) is 15.2 Å². The predicted molar refractivity (Wildman–Crippen MR) is 149 cm³/mol. The summed E-state index contributed by atoms with van der Waals surface area (Å²) in [6, 6.07) is 28.9. The van der Waals surface area contributed by atoms with Crippen LogP contribution < -0.4 is 10.3 Å². The lowest BCUT2D eigenvalue weighted by Gasteiger charge is -2.18. The van der Waals surface area contributed by atoms with Gasteiger partial charge in [-0.2, -0.15) is 10.2 Å². The van der Waals surface area contributed by atoms with E-state index < -0.39 is 0 Å². The second-order valence-electron chi connectivity index (χ2n) is 9.30. The Labute approximate surface area is 220 Å². The van der Waals surface area contributed by atoms with E-state index in [-0.39, 0.29) is 11.8 Å². The number of amides is 2.